The van der Waals surface area contributed by atoms with Crippen LogP contribution in [-0.2, 0) is 16.3 Å². The Hall–Kier alpha value is -1.27. The topological polar surface area (TPSA) is 72.8 Å². The second-order valence-electron chi connectivity index (χ2n) is 4.50. The molecule has 2 atom stereocenters. The standard InChI is InChI=1S/C13H20O5S/c1-9(19(4,15)16)11(14)7-10-5-6-12(17-2)13(8-10)18-3/h5-6,8-9,11,14H,7H2,1-4H3. The van der Waals surface area contributed by atoms with E-state index in [2.05, 4.69) is 0 Å². The summed E-state index contributed by atoms with van der Waals surface area (Å²) in [6, 6.07) is 5.24. The van der Waals surface area contributed by atoms with Gasteiger partial charge in [-0.2, -0.15) is 0 Å². The van der Waals surface area contributed by atoms with Gasteiger partial charge in [-0.25, -0.2) is 8.42 Å². The van der Waals surface area contributed by atoms with Crippen LogP contribution in [0.15, 0.2) is 18.2 Å². The Morgan fingerprint density at radius 2 is 1.79 bits per heavy atom. The highest BCUT2D eigenvalue weighted by atomic mass is 32.2. The third-order valence-electron chi connectivity index (χ3n) is 3.11. The maximum atomic E-state index is 11.4. The molecule has 1 N–H and O–H groups in total. The highest BCUT2D eigenvalue weighted by Crippen LogP contribution is 2.28. The summed E-state index contributed by atoms with van der Waals surface area (Å²) < 4.78 is 33.0. The third-order valence-corrected chi connectivity index (χ3v) is 4.77. The predicted molar refractivity (Wildman–Crippen MR) is 73.6 cm³/mol. The lowest BCUT2D eigenvalue weighted by Gasteiger charge is -2.18. The Bertz CT molecular complexity index is 524. The van der Waals surface area contributed by atoms with E-state index in [1.165, 1.54) is 21.1 Å². The lowest BCUT2D eigenvalue weighted by molar-refractivity contribution is 0.173. The number of ether oxygens (including phenoxy) is 2. The fourth-order valence-electron chi connectivity index (χ4n) is 1.70. The number of aliphatic hydroxyl groups is 1. The van der Waals surface area contributed by atoms with Gasteiger partial charge < -0.3 is 14.6 Å². The summed E-state index contributed by atoms with van der Waals surface area (Å²) >= 11 is 0. The summed E-state index contributed by atoms with van der Waals surface area (Å²) in [5.41, 5.74) is 0.792. The molecule has 0 spiro atoms. The van der Waals surface area contributed by atoms with Crippen LogP contribution in [0.4, 0.5) is 0 Å². The molecule has 1 rings (SSSR count). The Labute approximate surface area is 114 Å². The Kier molecular flexibility index (Phi) is 5.20. The smallest absolute Gasteiger partial charge is 0.160 e. The molecule has 6 heteroatoms. The fraction of sp³-hybridized carbons (Fsp3) is 0.538. The average molecular weight is 288 g/mol. The molecule has 0 aliphatic heterocycles. The van der Waals surface area contributed by atoms with Crippen molar-refractivity contribution in [3.63, 3.8) is 0 Å². The van der Waals surface area contributed by atoms with E-state index in [1.807, 2.05) is 0 Å². The molecule has 5 nitrogen and oxygen atoms in total. The largest absolute Gasteiger partial charge is 0.493 e. The summed E-state index contributed by atoms with van der Waals surface area (Å²) in [5.74, 6) is 1.15. The molecule has 0 saturated carbocycles. The zero-order valence-corrected chi connectivity index (χ0v) is 12.4. The van der Waals surface area contributed by atoms with E-state index in [9.17, 15) is 13.5 Å². The number of benzene rings is 1. The van der Waals surface area contributed by atoms with E-state index in [0.717, 1.165) is 11.8 Å². The molecule has 0 fully saturated rings. The van der Waals surface area contributed by atoms with Crippen molar-refractivity contribution in [2.75, 3.05) is 20.5 Å². The van der Waals surface area contributed by atoms with Crippen molar-refractivity contribution in [3.05, 3.63) is 23.8 Å². The molecule has 0 saturated heterocycles. The second kappa shape index (κ2) is 6.25. The van der Waals surface area contributed by atoms with Crippen LogP contribution in [0, 0.1) is 0 Å². The van der Waals surface area contributed by atoms with Gasteiger partial charge in [-0.15, -0.1) is 0 Å². The van der Waals surface area contributed by atoms with Crippen LogP contribution in [0.2, 0.25) is 0 Å². The predicted octanol–water partition coefficient (Wildman–Crippen LogP) is 1.04. The van der Waals surface area contributed by atoms with Crippen LogP contribution in [0.25, 0.3) is 0 Å². The number of aliphatic hydroxyl groups excluding tert-OH is 1. The third kappa shape index (κ3) is 4.11. The van der Waals surface area contributed by atoms with Crippen molar-refractivity contribution in [2.45, 2.75) is 24.7 Å². The number of hydrogen-bond acceptors (Lipinski definition) is 5. The SMILES string of the molecule is COc1ccc(CC(O)C(C)S(C)(=O)=O)cc1OC. The minimum atomic E-state index is -3.26. The molecule has 2 unspecified atom stereocenters. The summed E-state index contributed by atoms with van der Waals surface area (Å²) in [5, 5.41) is 9.14. The summed E-state index contributed by atoms with van der Waals surface area (Å²) in [7, 11) is -0.192. The van der Waals surface area contributed by atoms with Gasteiger partial charge in [0.2, 0.25) is 0 Å². The molecule has 0 aliphatic rings. The van der Waals surface area contributed by atoms with Crippen molar-refractivity contribution in [3.8, 4) is 11.5 Å². The van der Waals surface area contributed by atoms with Gasteiger partial charge in [0.05, 0.1) is 25.6 Å². The van der Waals surface area contributed by atoms with Gasteiger partial charge >= 0.3 is 0 Å². The van der Waals surface area contributed by atoms with Crippen LogP contribution in [0.3, 0.4) is 0 Å². The molecule has 0 amide bonds. The van der Waals surface area contributed by atoms with Crippen molar-refractivity contribution >= 4 is 9.84 Å². The first kappa shape index (κ1) is 15.8. The Morgan fingerprint density at radius 3 is 2.26 bits per heavy atom. The summed E-state index contributed by atoms with van der Waals surface area (Å²) in [6.07, 6.45) is 0.414. The van der Waals surface area contributed by atoms with E-state index in [-0.39, 0.29) is 6.42 Å². The van der Waals surface area contributed by atoms with E-state index in [4.69, 9.17) is 9.47 Å². The van der Waals surface area contributed by atoms with E-state index >= 15 is 0 Å². The Balaban J connectivity index is 2.88. The normalized spacial score (nSPS) is 14.8. The van der Waals surface area contributed by atoms with Gasteiger partial charge in [0.25, 0.3) is 0 Å². The molecular weight excluding hydrogens is 268 g/mol. The second-order valence-corrected chi connectivity index (χ2v) is 6.90. The first-order chi connectivity index (χ1) is 8.79. The molecule has 0 radical (unpaired) electrons. The van der Waals surface area contributed by atoms with Gasteiger partial charge in [-0.3, -0.25) is 0 Å². The zero-order valence-electron chi connectivity index (χ0n) is 11.6. The van der Waals surface area contributed by atoms with Gasteiger partial charge in [-0.1, -0.05) is 6.07 Å². The molecule has 0 aromatic heterocycles. The van der Waals surface area contributed by atoms with Gasteiger partial charge in [0, 0.05) is 6.26 Å². The van der Waals surface area contributed by atoms with Gasteiger partial charge in [0.1, 0.15) is 0 Å². The Morgan fingerprint density at radius 1 is 1.21 bits per heavy atom. The molecule has 1 aromatic carbocycles. The number of rotatable bonds is 6. The van der Waals surface area contributed by atoms with E-state index in [1.54, 1.807) is 18.2 Å². The van der Waals surface area contributed by atoms with Crippen LogP contribution in [0.1, 0.15) is 12.5 Å². The lowest BCUT2D eigenvalue weighted by atomic mass is 10.1. The van der Waals surface area contributed by atoms with Crippen LogP contribution < -0.4 is 9.47 Å². The van der Waals surface area contributed by atoms with Crippen molar-refractivity contribution in [1.29, 1.82) is 0 Å². The highest BCUT2D eigenvalue weighted by molar-refractivity contribution is 7.91. The molecule has 0 bridgehead atoms. The van der Waals surface area contributed by atoms with Crippen LogP contribution >= 0.6 is 0 Å². The first-order valence-corrected chi connectivity index (χ1v) is 7.83. The molecule has 0 heterocycles. The van der Waals surface area contributed by atoms with Crippen LogP contribution in [0.5, 0.6) is 11.5 Å². The molecular formula is C13H20O5S. The molecule has 0 aliphatic carbocycles. The van der Waals surface area contributed by atoms with E-state index < -0.39 is 21.2 Å². The van der Waals surface area contributed by atoms with Gasteiger partial charge in [0.15, 0.2) is 21.3 Å². The summed E-state index contributed by atoms with van der Waals surface area (Å²) in [6.45, 7) is 1.50. The quantitative estimate of drug-likeness (QED) is 0.846. The number of sulfone groups is 1. The van der Waals surface area contributed by atoms with Crippen molar-refractivity contribution < 1.29 is 23.0 Å². The van der Waals surface area contributed by atoms with Gasteiger partial charge in [-0.05, 0) is 31.0 Å². The molecule has 1 aromatic rings. The number of hydrogen-bond donors (Lipinski definition) is 1. The fourth-order valence-corrected chi connectivity index (χ4v) is 2.37. The first-order valence-electron chi connectivity index (χ1n) is 5.87. The van der Waals surface area contributed by atoms with Crippen molar-refractivity contribution in [2.24, 2.45) is 0 Å². The molecule has 108 valence electrons. The monoisotopic (exact) mass is 288 g/mol. The number of methoxy groups -OCH3 is 2. The minimum Gasteiger partial charge on any atom is -0.493 e. The molecule has 19 heavy (non-hydrogen) atoms. The minimum absolute atomic E-state index is 0.245. The van der Waals surface area contributed by atoms with Crippen LogP contribution in [-0.4, -0.2) is 45.4 Å². The summed E-state index contributed by atoms with van der Waals surface area (Å²) in [4.78, 5) is 0. The maximum absolute atomic E-state index is 11.4. The highest BCUT2D eigenvalue weighted by Gasteiger charge is 2.24. The average Bonchev–Trinajstić information content (AvgIpc) is 2.36. The zero-order chi connectivity index (χ0) is 14.6. The van der Waals surface area contributed by atoms with Crippen molar-refractivity contribution in [1.82, 2.24) is 0 Å². The lowest BCUT2D eigenvalue weighted by Crippen LogP contribution is -2.32. The maximum Gasteiger partial charge on any atom is 0.160 e. The van der Waals surface area contributed by atoms with E-state index in [0.29, 0.717) is 11.5 Å².